The Morgan fingerprint density at radius 1 is 1.30 bits per heavy atom. The van der Waals surface area contributed by atoms with E-state index in [1.54, 1.807) is 12.1 Å². The first-order valence-electron chi connectivity index (χ1n) is 6.54. The van der Waals surface area contributed by atoms with Gasteiger partial charge in [-0.05, 0) is 36.4 Å². The van der Waals surface area contributed by atoms with Crippen molar-refractivity contribution in [1.29, 1.82) is 0 Å². The van der Waals surface area contributed by atoms with Gasteiger partial charge in [0.15, 0.2) is 24.4 Å². The molecule has 0 aromatic heterocycles. The Kier molecular flexibility index (Phi) is 5.70. The summed E-state index contributed by atoms with van der Waals surface area (Å²) in [5.41, 5.74) is 0.698. The fourth-order valence-corrected chi connectivity index (χ4v) is 2.30. The average molecular weight is 382 g/mol. The molecule has 0 bridgehead atoms. The van der Waals surface area contributed by atoms with Crippen molar-refractivity contribution in [3.8, 4) is 11.5 Å². The maximum absolute atomic E-state index is 12.8. The highest BCUT2D eigenvalue weighted by molar-refractivity contribution is 9.10. The van der Waals surface area contributed by atoms with Crippen LogP contribution >= 0.6 is 15.9 Å². The number of carbonyl (C=O) groups excluding carboxylic acids is 2. The molecule has 0 aliphatic carbocycles. The van der Waals surface area contributed by atoms with Crippen molar-refractivity contribution in [2.75, 3.05) is 19.0 Å². The summed E-state index contributed by atoms with van der Waals surface area (Å²) >= 11 is 3.25. The van der Waals surface area contributed by atoms with E-state index in [9.17, 15) is 14.0 Å². The van der Waals surface area contributed by atoms with Gasteiger partial charge in [-0.25, -0.2) is 4.39 Å². The lowest BCUT2D eigenvalue weighted by Gasteiger charge is -2.13. The SMILES string of the molecule is COc1cc(Br)cc(C=O)c1OCC(=O)Nc1ccc(F)cc1. The lowest BCUT2D eigenvalue weighted by Crippen LogP contribution is -2.20. The number of nitrogens with one attached hydrogen (secondary N) is 1. The average Bonchev–Trinajstić information content (AvgIpc) is 2.54. The Balaban J connectivity index is 2.06. The second-order valence-corrected chi connectivity index (χ2v) is 5.40. The third-order valence-corrected chi connectivity index (χ3v) is 3.33. The molecule has 0 atom stereocenters. The molecule has 2 aromatic rings. The smallest absolute Gasteiger partial charge is 0.262 e. The van der Waals surface area contributed by atoms with Crippen molar-refractivity contribution < 1.29 is 23.5 Å². The summed E-state index contributed by atoms with van der Waals surface area (Å²) in [6.45, 7) is -0.323. The van der Waals surface area contributed by atoms with Crippen LogP contribution in [0.1, 0.15) is 10.4 Å². The number of amides is 1. The summed E-state index contributed by atoms with van der Waals surface area (Å²) in [6.07, 6.45) is 0.612. The molecule has 0 heterocycles. The van der Waals surface area contributed by atoms with Crippen LogP contribution in [0.5, 0.6) is 11.5 Å². The lowest BCUT2D eigenvalue weighted by molar-refractivity contribution is -0.118. The number of hydrogen-bond donors (Lipinski definition) is 1. The van der Waals surface area contributed by atoms with Crippen LogP contribution in [-0.2, 0) is 4.79 Å². The van der Waals surface area contributed by atoms with Gasteiger partial charge in [0.05, 0.1) is 12.7 Å². The monoisotopic (exact) mass is 381 g/mol. The molecule has 0 fully saturated rings. The number of anilines is 1. The van der Waals surface area contributed by atoms with E-state index in [0.29, 0.717) is 22.2 Å². The van der Waals surface area contributed by atoms with E-state index in [-0.39, 0.29) is 17.9 Å². The summed E-state index contributed by atoms with van der Waals surface area (Å²) in [5, 5.41) is 2.56. The Hall–Kier alpha value is -2.41. The molecule has 1 amide bonds. The topological polar surface area (TPSA) is 64.6 Å². The number of methoxy groups -OCH3 is 1. The first kappa shape index (κ1) is 17.0. The van der Waals surface area contributed by atoms with E-state index in [1.165, 1.54) is 31.4 Å². The van der Waals surface area contributed by atoms with Crippen molar-refractivity contribution in [1.82, 2.24) is 0 Å². The fourth-order valence-electron chi connectivity index (χ4n) is 1.85. The van der Waals surface area contributed by atoms with Crippen LogP contribution in [0.15, 0.2) is 40.9 Å². The van der Waals surface area contributed by atoms with Crippen molar-refractivity contribution in [3.63, 3.8) is 0 Å². The predicted molar refractivity (Wildman–Crippen MR) is 86.6 cm³/mol. The fraction of sp³-hybridized carbons (Fsp3) is 0.125. The van der Waals surface area contributed by atoms with Crippen LogP contribution in [0, 0.1) is 5.82 Å². The van der Waals surface area contributed by atoms with Crippen molar-refractivity contribution >= 4 is 33.8 Å². The largest absolute Gasteiger partial charge is 0.493 e. The number of halogens is 2. The third-order valence-electron chi connectivity index (χ3n) is 2.87. The molecule has 0 aliphatic heterocycles. The molecule has 2 rings (SSSR count). The quantitative estimate of drug-likeness (QED) is 0.778. The predicted octanol–water partition coefficient (Wildman–Crippen LogP) is 3.43. The molecular weight excluding hydrogens is 369 g/mol. The first-order chi connectivity index (χ1) is 11.0. The van der Waals surface area contributed by atoms with Gasteiger partial charge >= 0.3 is 0 Å². The molecule has 0 radical (unpaired) electrons. The summed E-state index contributed by atoms with van der Waals surface area (Å²) in [4.78, 5) is 23.0. The lowest BCUT2D eigenvalue weighted by atomic mass is 10.2. The van der Waals surface area contributed by atoms with Gasteiger partial charge in [0, 0.05) is 10.2 Å². The van der Waals surface area contributed by atoms with Crippen LogP contribution in [0.2, 0.25) is 0 Å². The molecule has 23 heavy (non-hydrogen) atoms. The molecule has 1 N–H and O–H groups in total. The van der Waals surface area contributed by atoms with Crippen LogP contribution in [0.3, 0.4) is 0 Å². The minimum Gasteiger partial charge on any atom is -0.493 e. The molecule has 7 heteroatoms. The zero-order valence-electron chi connectivity index (χ0n) is 12.1. The molecule has 0 saturated heterocycles. The number of benzene rings is 2. The zero-order valence-corrected chi connectivity index (χ0v) is 13.7. The summed E-state index contributed by atoms with van der Waals surface area (Å²) in [6, 6.07) is 8.52. The summed E-state index contributed by atoms with van der Waals surface area (Å²) < 4.78 is 24.0. The highest BCUT2D eigenvalue weighted by Crippen LogP contribution is 2.33. The molecule has 0 aliphatic rings. The van der Waals surface area contributed by atoms with Gasteiger partial charge in [-0.3, -0.25) is 9.59 Å². The number of carbonyl (C=O) groups is 2. The molecule has 5 nitrogen and oxygen atoms in total. The maximum Gasteiger partial charge on any atom is 0.262 e. The van der Waals surface area contributed by atoms with Crippen LogP contribution < -0.4 is 14.8 Å². The van der Waals surface area contributed by atoms with Gasteiger partial charge in [0.25, 0.3) is 5.91 Å². The second kappa shape index (κ2) is 7.73. The maximum atomic E-state index is 12.8. The van der Waals surface area contributed by atoms with Gasteiger partial charge in [0.2, 0.25) is 0 Å². The van der Waals surface area contributed by atoms with Gasteiger partial charge in [-0.15, -0.1) is 0 Å². The van der Waals surface area contributed by atoms with Crippen molar-refractivity contribution in [2.45, 2.75) is 0 Å². The molecule has 0 spiro atoms. The van der Waals surface area contributed by atoms with E-state index in [1.807, 2.05) is 0 Å². The van der Waals surface area contributed by atoms with E-state index in [2.05, 4.69) is 21.2 Å². The minimum atomic E-state index is -0.446. The second-order valence-electron chi connectivity index (χ2n) is 4.49. The van der Waals surface area contributed by atoms with Crippen LogP contribution in [-0.4, -0.2) is 25.9 Å². The Bertz CT molecular complexity index is 719. The first-order valence-corrected chi connectivity index (χ1v) is 7.33. The standard InChI is InChI=1S/C16H13BrFNO4/c1-22-14-7-11(17)6-10(8-20)16(14)23-9-15(21)19-13-4-2-12(18)3-5-13/h2-8H,9H2,1H3,(H,19,21). The molecule has 0 saturated carbocycles. The normalized spacial score (nSPS) is 10.0. The van der Waals surface area contributed by atoms with E-state index < -0.39 is 11.7 Å². The van der Waals surface area contributed by atoms with Crippen molar-refractivity contribution in [3.05, 3.63) is 52.3 Å². The van der Waals surface area contributed by atoms with Gasteiger partial charge in [-0.1, -0.05) is 15.9 Å². The van der Waals surface area contributed by atoms with E-state index in [0.717, 1.165) is 0 Å². The number of ether oxygens (including phenoxy) is 2. The number of aldehydes is 1. The Morgan fingerprint density at radius 2 is 2.00 bits per heavy atom. The van der Waals surface area contributed by atoms with Gasteiger partial charge < -0.3 is 14.8 Å². The minimum absolute atomic E-state index is 0.181. The number of rotatable bonds is 6. The molecule has 2 aromatic carbocycles. The van der Waals surface area contributed by atoms with E-state index >= 15 is 0 Å². The molecular formula is C16H13BrFNO4. The highest BCUT2D eigenvalue weighted by atomic mass is 79.9. The number of hydrogen-bond acceptors (Lipinski definition) is 4. The van der Waals surface area contributed by atoms with Crippen LogP contribution in [0.4, 0.5) is 10.1 Å². The summed E-state index contributed by atoms with van der Waals surface area (Å²) in [5.74, 6) is -0.330. The van der Waals surface area contributed by atoms with Gasteiger partial charge in [-0.2, -0.15) is 0 Å². The van der Waals surface area contributed by atoms with Gasteiger partial charge in [0.1, 0.15) is 5.82 Å². The Labute approximate surface area is 140 Å². The van der Waals surface area contributed by atoms with Crippen LogP contribution in [0.25, 0.3) is 0 Å². The molecule has 120 valence electrons. The highest BCUT2D eigenvalue weighted by Gasteiger charge is 2.14. The summed E-state index contributed by atoms with van der Waals surface area (Å²) in [7, 11) is 1.43. The third kappa shape index (κ3) is 4.53. The Morgan fingerprint density at radius 3 is 2.61 bits per heavy atom. The molecule has 0 unspecified atom stereocenters. The van der Waals surface area contributed by atoms with E-state index in [4.69, 9.17) is 9.47 Å². The zero-order chi connectivity index (χ0) is 16.8. The van der Waals surface area contributed by atoms with Crippen molar-refractivity contribution in [2.24, 2.45) is 0 Å².